The van der Waals surface area contributed by atoms with Crippen LogP contribution in [-0.4, -0.2) is 17.9 Å². The van der Waals surface area contributed by atoms with Crippen molar-refractivity contribution in [2.75, 3.05) is 5.01 Å². The van der Waals surface area contributed by atoms with Crippen LogP contribution in [0.2, 0.25) is 0 Å². The lowest BCUT2D eigenvalue weighted by Crippen LogP contribution is -2.64. The minimum atomic E-state index is -0.684. The number of para-hydroxylation sites is 2. The fourth-order valence-electron chi connectivity index (χ4n) is 8.62. The van der Waals surface area contributed by atoms with E-state index < -0.39 is 5.92 Å². The zero-order chi connectivity index (χ0) is 24.9. The van der Waals surface area contributed by atoms with Gasteiger partial charge in [0.05, 0.1) is 11.4 Å². The van der Waals surface area contributed by atoms with Gasteiger partial charge in [0, 0.05) is 6.04 Å². The van der Waals surface area contributed by atoms with Gasteiger partial charge < -0.3 is 5.32 Å². The highest BCUT2D eigenvalue weighted by molar-refractivity contribution is 6.02. The molecule has 5 heteroatoms. The van der Waals surface area contributed by atoms with E-state index in [0.717, 1.165) is 29.6 Å². The predicted octanol–water partition coefficient (Wildman–Crippen LogP) is 5.99. The van der Waals surface area contributed by atoms with Crippen LogP contribution in [0.15, 0.2) is 60.7 Å². The van der Waals surface area contributed by atoms with Crippen LogP contribution in [0.1, 0.15) is 65.2 Å². The average Bonchev–Trinajstić information content (AvgIpc) is 3.30. The lowest BCUT2D eigenvalue weighted by molar-refractivity contribution is -0.150. The summed E-state index contributed by atoms with van der Waals surface area (Å²) in [5.74, 6) is 1.11. The van der Waals surface area contributed by atoms with Crippen LogP contribution in [0.5, 0.6) is 0 Å². The Bertz CT molecular complexity index is 1080. The molecule has 0 bridgehead atoms. The molecule has 2 amide bonds. The first-order chi connectivity index (χ1) is 17.4. The van der Waals surface area contributed by atoms with Gasteiger partial charge in [0.15, 0.2) is 0 Å². The first-order valence-corrected chi connectivity index (χ1v) is 13.9. The molecule has 1 saturated heterocycles. The number of nitrogens with one attached hydrogen (secondary N) is 2. The Labute approximate surface area is 215 Å². The number of nitrogens with zero attached hydrogens (tertiary/aromatic N) is 1. The molecule has 0 aromatic heterocycles. The van der Waals surface area contributed by atoms with Crippen molar-refractivity contribution in [3.63, 3.8) is 0 Å². The van der Waals surface area contributed by atoms with Gasteiger partial charge in [0.2, 0.25) is 5.91 Å². The van der Waals surface area contributed by atoms with E-state index in [1.54, 1.807) is 5.01 Å². The number of carbonyl (C=O) groups is 2. The molecule has 6 rings (SSSR count). The number of rotatable bonds is 4. The summed E-state index contributed by atoms with van der Waals surface area (Å²) in [4.78, 5) is 27.1. The van der Waals surface area contributed by atoms with Crippen molar-refractivity contribution in [1.82, 2.24) is 10.7 Å². The summed E-state index contributed by atoms with van der Waals surface area (Å²) in [6, 6.07) is 19.8. The summed E-state index contributed by atoms with van der Waals surface area (Å²) in [5.41, 5.74) is 5.31. The third-order valence-corrected chi connectivity index (χ3v) is 10.5. The van der Waals surface area contributed by atoms with Gasteiger partial charge in [0.25, 0.3) is 5.91 Å². The third-order valence-electron chi connectivity index (χ3n) is 10.5. The standard InChI is InChI=1S/C31H39N3O2/c1-30-18-9-14-25(30)23-15-16-27-31(2,26(23)17-19-30)20-24(28(35)32-27)29(36)33-34(21-10-5-3-6-11-21)22-12-7-4-8-13-22/h3-8,10-13,23-27H,9,14-20H2,1-2H3,(H,32,35)(H,33,36)/t23-,24?,25-,26+,27?,30-,31+/m0/s1. The average molecular weight is 486 g/mol. The second kappa shape index (κ2) is 8.93. The molecular weight excluding hydrogens is 446 g/mol. The van der Waals surface area contributed by atoms with Crippen molar-refractivity contribution in [2.24, 2.45) is 34.5 Å². The van der Waals surface area contributed by atoms with Gasteiger partial charge in [-0.05, 0) is 97.8 Å². The molecule has 2 unspecified atom stereocenters. The molecule has 7 atom stereocenters. The van der Waals surface area contributed by atoms with Gasteiger partial charge in [-0.2, -0.15) is 0 Å². The highest BCUT2D eigenvalue weighted by atomic mass is 16.2. The number of carbonyl (C=O) groups excluding carboxylic acids is 2. The largest absolute Gasteiger partial charge is 0.352 e. The maximum atomic E-state index is 13.8. The zero-order valence-electron chi connectivity index (χ0n) is 21.6. The lowest BCUT2D eigenvalue weighted by atomic mass is 9.47. The summed E-state index contributed by atoms with van der Waals surface area (Å²) in [6.07, 6.45) is 9.52. The van der Waals surface area contributed by atoms with Gasteiger partial charge in [0.1, 0.15) is 5.92 Å². The predicted molar refractivity (Wildman–Crippen MR) is 142 cm³/mol. The molecule has 3 aliphatic carbocycles. The van der Waals surface area contributed by atoms with E-state index in [9.17, 15) is 9.59 Å². The summed E-state index contributed by atoms with van der Waals surface area (Å²) >= 11 is 0. The number of hydrogen-bond acceptors (Lipinski definition) is 3. The lowest BCUT2D eigenvalue weighted by Gasteiger charge is -2.60. The maximum Gasteiger partial charge on any atom is 0.251 e. The zero-order valence-corrected chi connectivity index (χ0v) is 21.6. The Hall–Kier alpha value is -2.82. The molecule has 2 aromatic rings. The van der Waals surface area contributed by atoms with Crippen LogP contribution in [0.3, 0.4) is 0 Å². The Kier molecular flexibility index (Phi) is 5.85. The molecule has 36 heavy (non-hydrogen) atoms. The van der Waals surface area contributed by atoms with Crippen LogP contribution >= 0.6 is 0 Å². The molecule has 190 valence electrons. The van der Waals surface area contributed by atoms with Gasteiger partial charge in [-0.1, -0.05) is 56.7 Å². The Morgan fingerprint density at radius 1 is 0.889 bits per heavy atom. The van der Waals surface area contributed by atoms with E-state index in [2.05, 4.69) is 24.6 Å². The maximum absolute atomic E-state index is 13.8. The molecule has 2 N–H and O–H groups in total. The van der Waals surface area contributed by atoms with E-state index in [4.69, 9.17) is 0 Å². The number of hydrazine groups is 1. The Balaban J connectivity index is 1.25. The summed E-state index contributed by atoms with van der Waals surface area (Å²) in [6.45, 7) is 4.90. The van der Waals surface area contributed by atoms with E-state index in [1.165, 1.54) is 38.5 Å². The molecule has 0 radical (unpaired) electrons. The first kappa shape index (κ1) is 23.6. The topological polar surface area (TPSA) is 61.4 Å². The smallest absolute Gasteiger partial charge is 0.251 e. The molecule has 4 fully saturated rings. The quantitative estimate of drug-likeness (QED) is 0.413. The number of amides is 2. The van der Waals surface area contributed by atoms with E-state index in [1.807, 2.05) is 60.7 Å². The van der Waals surface area contributed by atoms with Crippen LogP contribution < -0.4 is 15.8 Å². The molecule has 5 nitrogen and oxygen atoms in total. The van der Waals surface area contributed by atoms with Crippen LogP contribution in [0, 0.1) is 34.5 Å². The molecule has 1 aliphatic heterocycles. The highest BCUT2D eigenvalue weighted by Gasteiger charge is 2.60. The van der Waals surface area contributed by atoms with Crippen molar-refractivity contribution in [2.45, 2.75) is 71.3 Å². The van der Waals surface area contributed by atoms with E-state index >= 15 is 0 Å². The minimum absolute atomic E-state index is 0.0346. The highest BCUT2D eigenvalue weighted by Crippen LogP contribution is 2.64. The molecule has 0 spiro atoms. The summed E-state index contributed by atoms with van der Waals surface area (Å²) in [5, 5.41) is 5.13. The van der Waals surface area contributed by atoms with Crippen molar-refractivity contribution < 1.29 is 9.59 Å². The van der Waals surface area contributed by atoms with Crippen LogP contribution in [0.4, 0.5) is 11.4 Å². The fraction of sp³-hybridized carbons (Fsp3) is 0.548. The third kappa shape index (κ3) is 3.82. The van der Waals surface area contributed by atoms with E-state index in [0.29, 0.717) is 17.8 Å². The van der Waals surface area contributed by atoms with E-state index in [-0.39, 0.29) is 23.3 Å². The summed E-state index contributed by atoms with van der Waals surface area (Å²) < 4.78 is 0. The molecule has 1 heterocycles. The number of anilines is 2. The second-order valence-corrected chi connectivity index (χ2v) is 12.3. The van der Waals surface area contributed by atoms with Gasteiger partial charge >= 0.3 is 0 Å². The first-order valence-electron chi connectivity index (χ1n) is 13.9. The van der Waals surface area contributed by atoms with Crippen molar-refractivity contribution in [3.8, 4) is 0 Å². The molecular formula is C31H39N3O2. The number of hydrogen-bond donors (Lipinski definition) is 2. The van der Waals surface area contributed by atoms with Crippen LogP contribution in [0.25, 0.3) is 0 Å². The number of benzene rings is 2. The van der Waals surface area contributed by atoms with Crippen LogP contribution in [-0.2, 0) is 9.59 Å². The fourth-order valence-corrected chi connectivity index (χ4v) is 8.62. The van der Waals surface area contributed by atoms with Crippen molar-refractivity contribution in [1.29, 1.82) is 0 Å². The number of piperidine rings is 1. The van der Waals surface area contributed by atoms with Gasteiger partial charge in [-0.3, -0.25) is 20.0 Å². The monoisotopic (exact) mass is 485 g/mol. The number of fused-ring (bicyclic) bond motifs is 5. The molecule has 4 aliphatic rings. The van der Waals surface area contributed by atoms with Gasteiger partial charge in [-0.25, -0.2) is 0 Å². The SMILES string of the molecule is C[C@@]12CCC[C@H]1[C@@H]1CCC3NC(=O)C(C(=O)NN(c4ccccc4)c4ccccc4)C[C@]3(C)[C@@H]1CC2. The minimum Gasteiger partial charge on any atom is -0.352 e. The second-order valence-electron chi connectivity index (χ2n) is 12.3. The Morgan fingerprint density at radius 2 is 1.56 bits per heavy atom. The van der Waals surface area contributed by atoms with Crippen molar-refractivity contribution in [3.05, 3.63) is 60.7 Å². The van der Waals surface area contributed by atoms with Crippen molar-refractivity contribution >= 4 is 23.2 Å². The normalized spacial score (nSPS) is 37.2. The Morgan fingerprint density at radius 3 is 2.22 bits per heavy atom. The van der Waals surface area contributed by atoms with Gasteiger partial charge in [-0.15, -0.1) is 0 Å². The summed E-state index contributed by atoms with van der Waals surface area (Å²) in [7, 11) is 0. The molecule has 2 aromatic carbocycles. The molecule has 3 saturated carbocycles.